The maximum absolute atomic E-state index is 12.7. The second-order valence-electron chi connectivity index (χ2n) is 7.72. The first-order valence-electron chi connectivity index (χ1n) is 10.6. The summed E-state index contributed by atoms with van der Waals surface area (Å²) in [6.45, 7) is 3.24. The summed E-state index contributed by atoms with van der Waals surface area (Å²) >= 11 is 0. The third kappa shape index (κ3) is 6.15. The molecule has 1 heterocycles. The van der Waals surface area contributed by atoms with E-state index in [4.69, 9.17) is 0 Å². The summed E-state index contributed by atoms with van der Waals surface area (Å²) in [6, 6.07) is 15.9. The zero-order valence-corrected chi connectivity index (χ0v) is 18.5. The molecule has 1 atom stereocenters. The first-order chi connectivity index (χ1) is 14.9. The smallest absolute Gasteiger partial charge is 0.309 e. The third-order valence-corrected chi connectivity index (χ3v) is 7.34. The zero-order valence-electron chi connectivity index (χ0n) is 17.7. The minimum absolute atomic E-state index is 0.270. The van der Waals surface area contributed by atoms with Gasteiger partial charge < -0.3 is 10.6 Å². The predicted molar refractivity (Wildman–Crippen MR) is 119 cm³/mol. The van der Waals surface area contributed by atoms with Gasteiger partial charge in [0, 0.05) is 19.6 Å². The van der Waals surface area contributed by atoms with Crippen LogP contribution in [0.25, 0.3) is 0 Å². The number of piperidine rings is 1. The number of benzene rings is 2. The summed E-state index contributed by atoms with van der Waals surface area (Å²) < 4.78 is 26.9. The van der Waals surface area contributed by atoms with E-state index >= 15 is 0 Å². The fraction of sp³-hybridized carbons (Fsp3) is 0.391. The first kappa shape index (κ1) is 23.0. The topological polar surface area (TPSA) is 95.6 Å². The van der Waals surface area contributed by atoms with Crippen molar-refractivity contribution in [2.75, 3.05) is 19.6 Å². The number of amides is 2. The molecular weight excluding hydrogens is 414 g/mol. The average molecular weight is 444 g/mol. The second-order valence-corrected chi connectivity index (χ2v) is 9.66. The quantitative estimate of drug-likeness (QED) is 0.643. The molecule has 7 nitrogen and oxygen atoms in total. The molecule has 0 aliphatic carbocycles. The van der Waals surface area contributed by atoms with Crippen LogP contribution in [0.2, 0.25) is 0 Å². The molecule has 0 saturated carbocycles. The van der Waals surface area contributed by atoms with Crippen LogP contribution in [-0.2, 0) is 26.0 Å². The fourth-order valence-electron chi connectivity index (χ4n) is 3.57. The Kier molecular flexibility index (Phi) is 7.81. The van der Waals surface area contributed by atoms with Crippen LogP contribution >= 0.6 is 0 Å². The predicted octanol–water partition coefficient (Wildman–Crippen LogP) is 2.40. The Morgan fingerprint density at radius 3 is 2.23 bits per heavy atom. The molecule has 0 unspecified atom stereocenters. The minimum atomic E-state index is -3.45. The van der Waals surface area contributed by atoms with Crippen LogP contribution in [0.5, 0.6) is 0 Å². The summed E-state index contributed by atoms with van der Waals surface area (Å²) in [5, 5.41) is 5.28. The van der Waals surface area contributed by atoms with Gasteiger partial charge in [-0.2, -0.15) is 4.31 Å². The Labute approximate surface area is 183 Å². The van der Waals surface area contributed by atoms with Crippen LogP contribution in [0, 0.1) is 0 Å². The van der Waals surface area contributed by atoms with Crippen LogP contribution in [0.4, 0.5) is 0 Å². The van der Waals surface area contributed by atoms with Crippen molar-refractivity contribution in [2.45, 2.75) is 43.5 Å². The van der Waals surface area contributed by atoms with E-state index in [1.54, 1.807) is 28.6 Å². The van der Waals surface area contributed by atoms with Crippen LogP contribution in [0.3, 0.4) is 0 Å². The lowest BCUT2D eigenvalue weighted by atomic mass is 10.1. The largest absolute Gasteiger partial charge is 0.348 e. The first-order valence-corrected chi connectivity index (χ1v) is 12.0. The van der Waals surface area contributed by atoms with Crippen molar-refractivity contribution in [1.82, 2.24) is 14.9 Å². The van der Waals surface area contributed by atoms with Gasteiger partial charge in [-0.25, -0.2) is 8.42 Å². The van der Waals surface area contributed by atoms with E-state index in [2.05, 4.69) is 10.6 Å². The monoisotopic (exact) mass is 443 g/mol. The van der Waals surface area contributed by atoms with Crippen molar-refractivity contribution in [2.24, 2.45) is 0 Å². The highest BCUT2D eigenvalue weighted by Crippen LogP contribution is 2.21. The molecule has 1 saturated heterocycles. The summed E-state index contributed by atoms with van der Waals surface area (Å²) in [6.07, 6.45) is 3.36. The molecule has 166 valence electrons. The Morgan fingerprint density at radius 2 is 1.58 bits per heavy atom. The molecule has 1 aliphatic rings. The summed E-state index contributed by atoms with van der Waals surface area (Å²) in [5.74, 6) is -1.37. The lowest BCUT2D eigenvalue weighted by Gasteiger charge is -2.25. The molecule has 2 aromatic rings. The lowest BCUT2D eigenvalue weighted by molar-refractivity contribution is -0.139. The van der Waals surface area contributed by atoms with Crippen LogP contribution in [-0.4, -0.2) is 44.2 Å². The van der Waals surface area contributed by atoms with Crippen molar-refractivity contribution in [3.05, 3.63) is 65.7 Å². The van der Waals surface area contributed by atoms with Gasteiger partial charge in [-0.3, -0.25) is 9.59 Å². The van der Waals surface area contributed by atoms with Gasteiger partial charge >= 0.3 is 11.8 Å². The Hall–Kier alpha value is -2.71. The molecule has 2 N–H and O–H groups in total. The minimum Gasteiger partial charge on any atom is -0.348 e. The third-order valence-electron chi connectivity index (χ3n) is 5.43. The van der Waals surface area contributed by atoms with Gasteiger partial charge in [-0.1, -0.05) is 48.9 Å². The average Bonchev–Trinajstić information content (AvgIpc) is 2.80. The summed E-state index contributed by atoms with van der Waals surface area (Å²) in [7, 11) is -3.45. The highest BCUT2D eigenvalue weighted by Gasteiger charge is 2.25. The van der Waals surface area contributed by atoms with Crippen LogP contribution < -0.4 is 10.6 Å². The van der Waals surface area contributed by atoms with Crippen molar-refractivity contribution in [1.29, 1.82) is 0 Å². The number of carbonyl (C=O) groups excluding carboxylic acids is 2. The van der Waals surface area contributed by atoms with E-state index in [-0.39, 0.29) is 17.5 Å². The van der Waals surface area contributed by atoms with Crippen LogP contribution in [0.15, 0.2) is 59.5 Å². The van der Waals surface area contributed by atoms with Crippen LogP contribution in [0.1, 0.15) is 43.4 Å². The number of hydrogen-bond acceptors (Lipinski definition) is 4. The molecule has 31 heavy (non-hydrogen) atoms. The molecule has 2 amide bonds. The normalized spacial score (nSPS) is 15.8. The molecule has 1 fully saturated rings. The van der Waals surface area contributed by atoms with E-state index in [9.17, 15) is 18.0 Å². The fourth-order valence-corrected chi connectivity index (χ4v) is 5.09. The van der Waals surface area contributed by atoms with Gasteiger partial charge in [0.05, 0.1) is 10.9 Å². The number of hydrogen-bond donors (Lipinski definition) is 2. The van der Waals surface area contributed by atoms with Crippen molar-refractivity contribution < 1.29 is 18.0 Å². The standard InChI is InChI=1S/C23H29N3O4S/c1-18(20-8-4-2-5-9-20)25-23(28)22(27)24-15-14-19-10-12-21(13-11-19)31(29,30)26-16-6-3-7-17-26/h2,4-5,8-13,18H,3,6-7,14-17H2,1H3,(H,24,27)(H,25,28)/t18-/m1/s1. The van der Waals surface area contributed by atoms with Crippen molar-refractivity contribution >= 4 is 21.8 Å². The van der Waals surface area contributed by atoms with Gasteiger partial charge in [-0.05, 0) is 49.4 Å². The van der Waals surface area contributed by atoms with Crippen molar-refractivity contribution in [3.63, 3.8) is 0 Å². The highest BCUT2D eigenvalue weighted by atomic mass is 32.2. The molecule has 0 bridgehead atoms. The van der Waals surface area contributed by atoms with E-state index < -0.39 is 21.8 Å². The van der Waals surface area contributed by atoms with E-state index in [1.807, 2.05) is 37.3 Å². The lowest BCUT2D eigenvalue weighted by Crippen LogP contribution is -2.41. The molecule has 1 aliphatic heterocycles. The molecule has 0 radical (unpaired) electrons. The number of rotatable bonds is 7. The summed E-state index contributed by atoms with van der Waals surface area (Å²) in [5.41, 5.74) is 1.80. The van der Waals surface area contributed by atoms with Gasteiger partial charge in [-0.15, -0.1) is 0 Å². The molecule has 8 heteroatoms. The van der Waals surface area contributed by atoms with Gasteiger partial charge in [0.25, 0.3) is 0 Å². The van der Waals surface area contributed by atoms with Gasteiger partial charge in [0.2, 0.25) is 10.0 Å². The second kappa shape index (κ2) is 10.5. The molecule has 3 rings (SSSR count). The Balaban J connectivity index is 1.47. The number of sulfonamides is 1. The van der Waals surface area contributed by atoms with E-state index in [0.29, 0.717) is 19.5 Å². The molecule has 2 aromatic carbocycles. The molecular formula is C23H29N3O4S. The SMILES string of the molecule is C[C@@H](NC(=O)C(=O)NCCc1ccc(S(=O)(=O)N2CCCCC2)cc1)c1ccccc1. The van der Waals surface area contributed by atoms with E-state index in [1.165, 1.54) is 0 Å². The van der Waals surface area contributed by atoms with Gasteiger partial charge in [0.15, 0.2) is 0 Å². The maximum atomic E-state index is 12.7. The Morgan fingerprint density at radius 1 is 0.935 bits per heavy atom. The number of carbonyl (C=O) groups is 2. The van der Waals surface area contributed by atoms with Crippen molar-refractivity contribution in [3.8, 4) is 0 Å². The Bertz CT molecular complexity index is 985. The molecule has 0 aromatic heterocycles. The van der Waals surface area contributed by atoms with E-state index in [0.717, 1.165) is 30.4 Å². The number of nitrogens with zero attached hydrogens (tertiary/aromatic N) is 1. The number of nitrogens with one attached hydrogen (secondary N) is 2. The zero-order chi connectivity index (χ0) is 22.3. The molecule has 0 spiro atoms. The van der Waals surface area contributed by atoms with Gasteiger partial charge in [0.1, 0.15) is 0 Å². The summed E-state index contributed by atoms with van der Waals surface area (Å²) in [4.78, 5) is 24.4. The highest BCUT2D eigenvalue weighted by molar-refractivity contribution is 7.89. The maximum Gasteiger partial charge on any atom is 0.309 e.